The maximum Gasteiger partial charge on any atom is 0.0793 e. The highest BCUT2D eigenvalue weighted by molar-refractivity contribution is 5.85. The predicted octanol–water partition coefficient (Wildman–Crippen LogP) is -0.0949. The molecule has 1 atom stereocenters. The molecule has 1 heterocycles. The van der Waals surface area contributed by atoms with Crippen LogP contribution >= 0.6 is 12.4 Å². The second kappa shape index (κ2) is 4.93. The summed E-state index contributed by atoms with van der Waals surface area (Å²) in [5.41, 5.74) is -0.632. The van der Waals surface area contributed by atoms with Crippen LogP contribution in [-0.4, -0.2) is 35.5 Å². The van der Waals surface area contributed by atoms with Gasteiger partial charge in [-0.1, -0.05) is 0 Å². The molecule has 1 aliphatic rings. The van der Waals surface area contributed by atoms with E-state index in [1.807, 2.05) is 0 Å². The van der Waals surface area contributed by atoms with Crippen molar-refractivity contribution in [2.75, 3.05) is 19.7 Å². The largest absolute Gasteiger partial charge is 0.396 e. The Labute approximate surface area is 73.2 Å². The summed E-state index contributed by atoms with van der Waals surface area (Å²) in [4.78, 5) is 0. The SMILES string of the molecule is Cl.OCC[C@]1(O)CCCNC1. The zero-order chi connectivity index (χ0) is 7.45. The van der Waals surface area contributed by atoms with E-state index in [4.69, 9.17) is 5.11 Å². The van der Waals surface area contributed by atoms with Crippen molar-refractivity contribution >= 4 is 12.4 Å². The van der Waals surface area contributed by atoms with E-state index in [-0.39, 0.29) is 19.0 Å². The third kappa shape index (κ3) is 3.38. The van der Waals surface area contributed by atoms with E-state index in [9.17, 15) is 5.11 Å². The van der Waals surface area contributed by atoms with Crippen LogP contribution < -0.4 is 5.32 Å². The van der Waals surface area contributed by atoms with E-state index in [1.165, 1.54) is 0 Å². The molecule has 1 saturated heterocycles. The summed E-state index contributed by atoms with van der Waals surface area (Å²) >= 11 is 0. The standard InChI is InChI=1S/C7H15NO2.ClH/c9-5-3-7(10)2-1-4-8-6-7;/h8-10H,1-6H2;1H/t7-;/m1./s1. The molecule has 3 nitrogen and oxygen atoms in total. The zero-order valence-corrected chi connectivity index (χ0v) is 7.36. The molecule has 0 aromatic heterocycles. The topological polar surface area (TPSA) is 52.5 Å². The van der Waals surface area contributed by atoms with Crippen molar-refractivity contribution in [1.29, 1.82) is 0 Å². The molecule has 0 aromatic carbocycles. The summed E-state index contributed by atoms with van der Waals surface area (Å²) in [5.74, 6) is 0. The van der Waals surface area contributed by atoms with E-state index in [1.54, 1.807) is 0 Å². The first-order valence-electron chi connectivity index (χ1n) is 3.81. The number of aliphatic hydroxyl groups excluding tert-OH is 1. The van der Waals surface area contributed by atoms with E-state index >= 15 is 0 Å². The maximum atomic E-state index is 9.65. The molecule has 1 fully saturated rings. The van der Waals surface area contributed by atoms with Gasteiger partial charge in [0.25, 0.3) is 0 Å². The Morgan fingerprint density at radius 3 is 2.64 bits per heavy atom. The lowest BCUT2D eigenvalue weighted by Crippen LogP contribution is -2.46. The number of piperidine rings is 1. The van der Waals surface area contributed by atoms with Crippen LogP contribution in [0, 0.1) is 0 Å². The summed E-state index contributed by atoms with van der Waals surface area (Å²) in [7, 11) is 0. The summed E-state index contributed by atoms with van der Waals surface area (Å²) in [6.07, 6.45) is 2.33. The number of nitrogens with one attached hydrogen (secondary N) is 1. The normalized spacial score (nSPS) is 31.1. The van der Waals surface area contributed by atoms with Crippen LogP contribution in [0.3, 0.4) is 0 Å². The van der Waals surface area contributed by atoms with Gasteiger partial charge in [-0.15, -0.1) is 12.4 Å². The minimum atomic E-state index is -0.632. The van der Waals surface area contributed by atoms with Gasteiger partial charge in [0.15, 0.2) is 0 Å². The minimum absolute atomic E-state index is 0. The fraction of sp³-hybridized carbons (Fsp3) is 1.00. The first-order valence-corrected chi connectivity index (χ1v) is 3.81. The fourth-order valence-corrected chi connectivity index (χ4v) is 1.37. The van der Waals surface area contributed by atoms with Crippen molar-refractivity contribution in [2.24, 2.45) is 0 Å². The van der Waals surface area contributed by atoms with Crippen LogP contribution in [0.5, 0.6) is 0 Å². The Balaban J connectivity index is 0.000001000. The lowest BCUT2D eigenvalue weighted by molar-refractivity contribution is -0.00454. The number of β-amino-alcohol motifs (C(OH)–C–C–N with tert-alkyl or cyclic N) is 1. The van der Waals surface area contributed by atoms with Crippen LogP contribution in [0.15, 0.2) is 0 Å². The zero-order valence-electron chi connectivity index (χ0n) is 6.55. The van der Waals surface area contributed by atoms with E-state index in [0.29, 0.717) is 13.0 Å². The molecule has 0 saturated carbocycles. The number of hydrogen-bond donors (Lipinski definition) is 3. The molecule has 1 rings (SSSR count). The van der Waals surface area contributed by atoms with Gasteiger partial charge in [-0.05, 0) is 19.4 Å². The van der Waals surface area contributed by atoms with Gasteiger partial charge in [-0.2, -0.15) is 0 Å². The van der Waals surface area contributed by atoms with Gasteiger partial charge < -0.3 is 15.5 Å². The average molecular weight is 182 g/mol. The van der Waals surface area contributed by atoms with E-state index < -0.39 is 5.60 Å². The van der Waals surface area contributed by atoms with Crippen LogP contribution in [0.4, 0.5) is 0 Å². The fourth-order valence-electron chi connectivity index (χ4n) is 1.37. The van der Waals surface area contributed by atoms with Gasteiger partial charge in [0.1, 0.15) is 0 Å². The molecule has 0 radical (unpaired) electrons. The second-order valence-corrected chi connectivity index (χ2v) is 2.98. The van der Waals surface area contributed by atoms with Crippen LogP contribution in [-0.2, 0) is 0 Å². The Bertz CT molecular complexity index is 99.1. The van der Waals surface area contributed by atoms with Crippen molar-refractivity contribution in [2.45, 2.75) is 24.9 Å². The van der Waals surface area contributed by atoms with Crippen molar-refractivity contribution in [3.05, 3.63) is 0 Å². The molecular formula is C7H16ClNO2. The highest BCUT2D eigenvalue weighted by Gasteiger charge is 2.27. The van der Waals surface area contributed by atoms with Crippen molar-refractivity contribution in [3.63, 3.8) is 0 Å². The molecule has 4 heteroatoms. The number of rotatable bonds is 2. The van der Waals surface area contributed by atoms with Gasteiger partial charge in [-0.3, -0.25) is 0 Å². The molecule has 0 aromatic rings. The summed E-state index contributed by atoms with van der Waals surface area (Å²) < 4.78 is 0. The minimum Gasteiger partial charge on any atom is -0.396 e. The van der Waals surface area contributed by atoms with Gasteiger partial charge >= 0.3 is 0 Å². The highest BCUT2D eigenvalue weighted by atomic mass is 35.5. The molecule has 3 N–H and O–H groups in total. The summed E-state index contributed by atoms with van der Waals surface area (Å²) in [6.45, 7) is 1.71. The van der Waals surface area contributed by atoms with E-state index in [0.717, 1.165) is 19.4 Å². The van der Waals surface area contributed by atoms with Gasteiger partial charge in [0, 0.05) is 19.6 Å². The molecule has 0 spiro atoms. The summed E-state index contributed by atoms with van der Waals surface area (Å²) in [5, 5.41) is 21.3. The molecule has 0 amide bonds. The smallest absolute Gasteiger partial charge is 0.0793 e. The Hall–Kier alpha value is 0.170. The first kappa shape index (κ1) is 11.2. The van der Waals surface area contributed by atoms with Crippen molar-refractivity contribution in [1.82, 2.24) is 5.32 Å². The molecule has 1 aliphatic heterocycles. The number of halogens is 1. The van der Waals surface area contributed by atoms with Crippen molar-refractivity contribution < 1.29 is 10.2 Å². The number of aliphatic hydroxyl groups is 2. The molecule has 68 valence electrons. The van der Waals surface area contributed by atoms with Crippen LogP contribution in [0.25, 0.3) is 0 Å². The monoisotopic (exact) mass is 181 g/mol. The third-order valence-corrected chi connectivity index (χ3v) is 2.03. The van der Waals surface area contributed by atoms with Gasteiger partial charge in [0.05, 0.1) is 5.60 Å². The quantitative estimate of drug-likeness (QED) is 0.558. The molecule has 0 unspecified atom stereocenters. The summed E-state index contributed by atoms with van der Waals surface area (Å²) in [6, 6.07) is 0. The van der Waals surface area contributed by atoms with Gasteiger partial charge in [0.2, 0.25) is 0 Å². The third-order valence-electron chi connectivity index (χ3n) is 2.03. The lowest BCUT2D eigenvalue weighted by Gasteiger charge is -2.31. The Morgan fingerprint density at radius 2 is 2.18 bits per heavy atom. The van der Waals surface area contributed by atoms with Crippen LogP contribution in [0.2, 0.25) is 0 Å². The molecule has 0 aliphatic carbocycles. The second-order valence-electron chi connectivity index (χ2n) is 2.98. The van der Waals surface area contributed by atoms with Crippen molar-refractivity contribution in [3.8, 4) is 0 Å². The maximum absolute atomic E-state index is 9.65. The van der Waals surface area contributed by atoms with Crippen LogP contribution in [0.1, 0.15) is 19.3 Å². The predicted molar refractivity (Wildman–Crippen MR) is 46.0 cm³/mol. The highest BCUT2D eigenvalue weighted by Crippen LogP contribution is 2.18. The average Bonchev–Trinajstić information content (AvgIpc) is 1.89. The molecule has 11 heavy (non-hydrogen) atoms. The lowest BCUT2D eigenvalue weighted by atomic mass is 9.91. The van der Waals surface area contributed by atoms with E-state index in [2.05, 4.69) is 5.32 Å². The Morgan fingerprint density at radius 1 is 1.45 bits per heavy atom. The Kier molecular flexibility index (Phi) is 5.01. The molecular weight excluding hydrogens is 166 g/mol. The number of hydrogen-bond acceptors (Lipinski definition) is 3. The van der Waals surface area contributed by atoms with Gasteiger partial charge in [-0.25, -0.2) is 0 Å². The first-order chi connectivity index (χ1) is 4.77. The molecule has 0 bridgehead atoms.